The van der Waals surface area contributed by atoms with Crippen LogP contribution in [0.2, 0.25) is 0 Å². The van der Waals surface area contributed by atoms with Gasteiger partial charge in [-0.1, -0.05) is 42.5 Å². The first-order chi connectivity index (χ1) is 14.1. The molecule has 1 fully saturated rings. The lowest BCUT2D eigenvalue weighted by molar-refractivity contribution is -0.137. The molecule has 5 heteroatoms. The SMILES string of the molecule is O=C(O)CCN1CCC2(CC1)COc1cc(OC/C=C/c3ccccc3)ccc12. The van der Waals surface area contributed by atoms with Gasteiger partial charge >= 0.3 is 5.97 Å². The van der Waals surface area contributed by atoms with Crippen molar-refractivity contribution in [2.75, 3.05) is 32.8 Å². The van der Waals surface area contributed by atoms with Crippen molar-refractivity contribution in [3.8, 4) is 11.5 Å². The molecule has 1 N–H and O–H groups in total. The first-order valence-corrected chi connectivity index (χ1v) is 10.2. The summed E-state index contributed by atoms with van der Waals surface area (Å²) in [4.78, 5) is 13.0. The van der Waals surface area contributed by atoms with Crippen LogP contribution in [0.3, 0.4) is 0 Å². The monoisotopic (exact) mass is 393 g/mol. The van der Waals surface area contributed by atoms with E-state index in [0.717, 1.165) is 43.0 Å². The highest BCUT2D eigenvalue weighted by atomic mass is 16.5. The Bertz CT molecular complexity index is 870. The summed E-state index contributed by atoms with van der Waals surface area (Å²) in [5.74, 6) is 1.01. The number of nitrogens with zero attached hydrogens (tertiary/aromatic N) is 1. The summed E-state index contributed by atoms with van der Waals surface area (Å²) in [6.07, 6.45) is 6.27. The lowest BCUT2D eigenvalue weighted by Gasteiger charge is -2.38. The highest BCUT2D eigenvalue weighted by molar-refractivity contribution is 5.66. The van der Waals surface area contributed by atoms with E-state index in [-0.39, 0.29) is 11.8 Å². The van der Waals surface area contributed by atoms with E-state index in [4.69, 9.17) is 14.6 Å². The smallest absolute Gasteiger partial charge is 0.304 e. The van der Waals surface area contributed by atoms with Gasteiger partial charge in [0.1, 0.15) is 18.1 Å². The van der Waals surface area contributed by atoms with Gasteiger partial charge in [-0.05, 0) is 43.6 Å². The van der Waals surface area contributed by atoms with E-state index in [1.807, 2.05) is 36.4 Å². The van der Waals surface area contributed by atoms with E-state index >= 15 is 0 Å². The number of likely N-dealkylation sites (tertiary alicyclic amines) is 1. The standard InChI is InChI=1S/C24H27NO4/c26-23(27)10-13-25-14-11-24(12-15-25)18-29-22-17-20(8-9-21(22)24)28-16-4-7-19-5-2-1-3-6-19/h1-9,17H,10-16,18H2,(H,26,27)/b7-4+. The lowest BCUT2D eigenvalue weighted by atomic mass is 9.74. The highest BCUT2D eigenvalue weighted by Crippen LogP contribution is 2.46. The molecule has 2 aliphatic rings. The highest BCUT2D eigenvalue weighted by Gasteiger charge is 2.43. The molecule has 0 saturated carbocycles. The van der Waals surface area contributed by atoms with Gasteiger partial charge in [-0.25, -0.2) is 0 Å². The molecule has 0 atom stereocenters. The van der Waals surface area contributed by atoms with Gasteiger partial charge in [0.2, 0.25) is 0 Å². The minimum atomic E-state index is -0.731. The second-order valence-corrected chi connectivity index (χ2v) is 7.84. The molecule has 5 nitrogen and oxygen atoms in total. The molecule has 2 heterocycles. The van der Waals surface area contributed by atoms with Crippen molar-refractivity contribution in [2.45, 2.75) is 24.7 Å². The first kappa shape index (κ1) is 19.5. The lowest BCUT2D eigenvalue weighted by Crippen LogP contribution is -2.44. The summed E-state index contributed by atoms with van der Waals surface area (Å²) in [7, 11) is 0. The maximum absolute atomic E-state index is 10.8. The number of rotatable bonds is 7. The van der Waals surface area contributed by atoms with Gasteiger partial charge in [0.25, 0.3) is 0 Å². The van der Waals surface area contributed by atoms with Crippen molar-refractivity contribution in [3.63, 3.8) is 0 Å². The van der Waals surface area contributed by atoms with Gasteiger partial charge in [-0.15, -0.1) is 0 Å². The van der Waals surface area contributed by atoms with Gasteiger partial charge < -0.3 is 19.5 Å². The molecule has 0 amide bonds. The summed E-state index contributed by atoms with van der Waals surface area (Å²) < 4.78 is 11.9. The molecule has 0 aliphatic carbocycles. The summed E-state index contributed by atoms with van der Waals surface area (Å²) in [6, 6.07) is 16.3. The number of fused-ring (bicyclic) bond motifs is 2. The molecule has 0 unspecified atom stereocenters. The molecule has 29 heavy (non-hydrogen) atoms. The van der Waals surface area contributed by atoms with E-state index in [9.17, 15) is 4.79 Å². The van der Waals surface area contributed by atoms with Crippen molar-refractivity contribution in [1.29, 1.82) is 0 Å². The van der Waals surface area contributed by atoms with E-state index in [1.54, 1.807) is 0 Å². The van der Waals surface area contributed by atoms with Crippen LogP contribution in [-0.4, -0.2) is 48.8 Å². The van der Waals surface area contributed by atoms with E-state index in [2.05, 4.69) is 29.2 Å². The Kier molecular flexibility index (Phi) is 5.86. The molecule has 1 spiro atoms. The fourth-order valence-corrected chi connectivity index (χ4v) is 4.21. The predicted octanol–water partition coefficient (Wildman–Crippen LogP) is 3.98. The van der Waals surface area contributed by atoms with E-state index in [0.29, 0.717) is 19.8 Å². The van der Waals surface area contributed by atoms with E-state index < -0.39 is 5.97 Å². The van der Waals surface area contributed by atoms with Crippen LogP contribution in [0.25, 0.3) is 6.08 Å². The zero-order valence-electron chi connectivity index (χ0n) is 16.5. The number of hydrogen-bond acceptors (Lipinski definition) is 4. The number of ether oxygens (including phenoxy) is 2. The number of piperidine rings is 1. The van der Waals surface area contributed by atoms with Crippen LogP contribution < -0.4 is 9.47 Å². The maximum atomic E-state index is 10.8. The van der Waals surface area contributed by atoms with Crippen molar-refractivity contribution in [3.05, 3.63) is 65.7 Å². The summed E-state index contributed by atoms with van der Waals surface area (Å²) in [6.45, 7) is 3.67. The van der Waals surface area contributed by atoms with Gasteiger partial charge in [-0.2, -0.15) is 0 Å². The Morgan fingerprint density at radius 3 is 2.72 bits per heavy atom. The van der Waals surface area contributed by atoms with Crippen molar-refractivity contribution >= 4 is 12.0 Å². The van der Waals surface area contributed by atoms with Gasteiger partial charge in [0, 0.05) is 23.6 Å². The second-order valence-electron chi connectivity index (χ2n) is 7.84. The van der Waals surface area contributed by atoms with Crippen molar-refractivity contribution in [2.24, 2.45) is 0 Å². The molecule has 152 valence electrons. The zero-order valence-corrected chi connectivity index (χ0v) is 16.5. The fourth-order valence-electron chi connectivity index (χ4n) is 4.21. The van der Waals surface area contributed by atoms with Gasteiger partial charge in [0.15, 0.2) is 0 Å². The van der Waals surface area contributed by atoms with Crippen LogP contribution in [0.5, 0.6) is 11.5 Å². The topological polar surface area (TPSA) is 59.0 Å². The third-order valence-electron chi connectivity index (χ3n) is 5.94. The van der Waals surface area contributed by atoms with Gasteiger partial charge in [-0.3, -0.25) is 4.79 Å². The summed E-state index contributed by atoms with van der Waals surface area (Å²) in [5, 5.41) is 8.88. The fraction of sp³-hybridized carbons (Fsp3) is 0.375. The van der Waals surface area contributed by atoms with Crippen molar-refractivity contribution in [1.82, 2.24) is 4.90 Å². The predicted molar refractivity (Wildman–Crippen MR) is 113 cm³/mol. The molecule has 2 aromatic rings. The Morgan fingerprint density at radius 1 is 1.17 bits per heavy atom. The molecule has 0 bridgehead atoms. The molecule has 1 saturated heterocycles. The minimum absolute atomic E-state index is 0.0563. The van der Waals surface area contributed by atoms with E-state index in [1.165, 1.54) is 5.56 Å². The maximum Gasteiger partial charge on any atom is 0.304 e. The Balaban J connectivity index is 1.33. The Morgan fingerprint density at radius 2 is 1.97 bits per heavy atom. The normalized spacial score (nSPS) is 17.9. The van der Waals surface area contributed by atoms with Crippen LogP contribution >= 0.6 is 0 Å². The molecule has 2 aliphatic heterocycles. The van der Waals surface area contributed by atoms with Crippen LogP contribution in [0.4, 0.5) is 0 Å². The average Bonchev–Trinajstić information content (AvgIpc) is 3.09. The largest absolute Gasteiger partial charge is 0.492 e. The number of carboxylic acid groups (broad SMARTS) is 1. The quantitative estimate of drug-likeness (QED) is 0.771. The molecular weight excluding hydrogens is 366 g/mol. The van der Waals surface area contributed by atoms with Crippen molar-refractivity contribution < 1.29 is 19.4 Å². The number of carboxylic acids is 1. The van der Waals surface area contributed by atoms with Gasteiger partial charge in [0.05, 0.1) is 13.0 Å². The van der Waals surface area contributed by atoms with Crippen LogP contribution in [0.1, 0.15) is 30.4 Å². The number of carbonyl (C=O) groups is 1. The number of aliphatic carboxylic acids is 1. The Hall–Kier alpha value is -2.79. The molecule has 0 aromatic heterocycles. The molecule has 0 radical (unpaired) electrons. The number of benzene rings is 2. The average molecular weight is 393 g/mol. The Labute approximate surface area is 171 Å². The van der Waals surface area contributed by atoms with Crippen LogP contribution in [0, 0.1) is 0 Å². The number of hydrogen-bond donors (Lipinski definition) is 1. The summed E-state index contributed by atoms with van der Waals surface area (Å²) in [5.41, 5.74) is 2.48. The third kappa shape index (κ3) is 4.62. The summed E-state index contributed by atoms with van der Waals surface area (Å²) >= 11 is 0. The second kappa shape index (κ2) is 8.70. The minimum Gasteiger partial charge on any atom is -0.492 e. The molecular formula is C24H27NO4. The van der Waals surface area contributed by atoms with Crippen LogP contribution in [0.15, 0.2) is 54.6 Å². The first-order valence-electron chi connectivity index (χ1n) is 10.2. The van der Waals surface area contributed by atoms with Crippen LogP contribution in [-0.2, 0) is 10.2 Å². The zero-order chi connectivity index (χ0) is 20.1. The third-order valence-corrected chi connectivity index (χ3v) is 5.94. The molecule has 2 aromatic carbocycles. The molecule has 4 rings (SSSR count).